The number of carbonyl (C=O) groups is 1. The van der Waals surface area contributed by atoms with Gasteiger partial charge in [-0.3, -0.25) is 4.55 Å². The summed E-state index contributed by atoms with van der Waals surface area (Å²) in [6, 6.07) is 8.95. The minimum absolute atomic E-state index is 0. The van der Waals surface area contributed by atoms with Gasteiger partial charge >= 0.3 is 29.6 Å². The summed E-state index contributed by atoms with van der Waals surface area (Å²) in [5.41, 5.74) is 0.805. The smallest absolute Gasteiger partial charge is 0.549 e. The zero-order chi connectivity index (χ0) is 12.9. The average Bonchev–Trinajstić information content (AvgIpc) is 2.23. The van der Waals surface area contributed by atoms with Crippen LogP contribution in [-0.4, -0.2) is 24.2 Å². The molecule has 7 heteroatoms. The molecule has 0 spiro atoms. The quantitative estimate of drug-likeness (QED) is 0.460. The molecule has 0 saturated carbocycles. The summed E-state index contributed by atoms with van der Waals surface area (Å²) >= 11 is 0. The normalized spacial score (nSPS) is 12.9. The van der Waals surface area contributed by atoms with Crippen molar-refractivity contribution in [1.29, 1.82) is 0 Å². The van der Waals surface area contributed by atoms with Gasteiger partial charge < -0.3 is 9.90 Å². The van der Waals surface area contributed by atoms with Crippen LogP contribution in [0, 0.1) is 0 Å². The number of benzene rings is 1. The summed E-state index contributed by atoms with van der Waals surface area (Å²) in [4.78, 5) is 10.5. The van der Waals surface area contributed by atoms with Crippen LogP contribution in [-0.2, 0) is 14.9 Å². The Kier molecular flexibility index (Phi) is 7.42. The summed E-state index contributed by atoms with van der Waals surface area (Å²) in [5, 5.41) is 8.58. The Bertz CT molecular complexity index is 509. The van der Waals surface area contributed by atoms with Crippen LogP contribution in [0.25, 0.3) is 6.08 Å². The van der Waals surface area contributed by atoms with Crippen molar-refractivity contribution in [2.24, 2.45) is 0 Å². The molecule has 0 saturated heterocycles. The monoisotopic (exact) mass is 278 g/mol. The molecule has 0 aliphatic heterocycles. The van der Waals surface area contributed by atoms with Gasteiger partial charge in [0.05, 0.1) is 5.97 Å². The van der Waals surface area contributed by atoms with Crippen molar-refractivity contribution in [2.75, 3.05) is 0 Å². The molecule has 0 amide bonds. The van der Waals surface area contributed by atoms with Crippen molar-refractivity contribution in [2.45, 2.75) is 11.7 Å². The van der Waals surface area contributed by atoms with Gasteiger partial charge in [-0.2, -0.15) is 8.42 Å². The van der Waals surface area contributed by atoms with E-state index in [4.69, 9.17) is 4.55 Å². The van der Waals surface area contributed by atoms with E-state index in [1.807, 2.05) is 6.07 Å². The molecule has 1 aromatic rings. The second-order valence-electron chi connectivity index (χ2n) is 3.37. The van der Waals surface area contributed by atoms with Crippen molar-refractivity contribution in [1.82, 2.24) is 0 Å². The molecule has 0 bridgehead atoms. The summed E-state index contributed by atoms with van der Waals surface area (Å²) in [6.07, 6.45) is 2.60. The fraction of sp³-hybridized carbons (Fsp3) is 0.182. The molecular weight excluding hydrogens is 267 g/mol. The Labute approximate surface area is 128 Å². The summed E-state index contributed by atoms with van der Waals surface area (Å²) in [6.45, 7) is 0. The molecule has 1 unspecified atom stereocenters. The second kappa shape index (κ2) is 7.70. The summed E-state index contributed by atoms with van der Waals surface area (Å²) < 4.78 is 30.1. The van der Waals surface area contributed by atoms with Crippen LogP contribution in [0.4, 0.5) is 0 Å². The first-order valence-corrected chi connectivity index (χ1v) is 6.30. The van der Waals surface area contributed by atoms with Crippen molar-refractivity contribution in [3.63, 3.8) is 0 Å². The molecule has 1 atom stereocenters. The van der Waals surface area contributed by atoms with Gasteiger partial charge in [0, 0.05) is 0 Å². The molecule has 5 nitrogen and oxygen atoms in total. The standard InChI is InChI=1S/C11H12O5S.Na/c12-11(13)10(17(14,15)16)8-4-7-9-5-2-1-3-6-9;/h1-7,10H,8H2,(H,12,13)(H,14,15,16);/q;+1/p-1. The maximum Gasteiger partial charge on any atom is 1.00 e. The number of hydrogen-bond donors (Lipinski definition) is 1. The minimum atomic E-state index is -4.63. The number of allylic oxidation sites excluding steroid dienone is 1. The number of aliphatic carboxylic acids is 1. The summed E-state index contributed by atoms with van der Waals surface area (Å²) in [7, 11) is -4.63. The molecule has 0 aliphatic rings. The van der Waals surface area contributed by atoms with E-state index >= 15 is 0 Å². The molecule has 0 heterocycles. The van der Waals surface area contributed by atoms with Crippen LogP contribution in [0.5, 0.6) is 0 Å². The first kappa shape index (κ1) is 17.3. The molecule has 1 aromatic carbocycles. The van der Waals surface area contributed by atoms with Crippen LogP contribution < -0.4 is 34.7 Å². The van der Waals surface area contributed by atoms with E-state index in [1.165, 1.54) is 6.08 Å². The van der Waals surface area contributed by atoms with Gasteiger partial charge in [-0.1, -0.05) is 42.5 Å². The molecule has 0 fully saturated rings. The van der Waals surface area contributed by atoms with Crippen molar-refractivity contribution in [3.05, 3.63) is 42.0 Å². The van der Waals surface area contributed by atoms with E-state index < -0.39 is 21.3 Å². The van der Waals surface area contributed by atoms with Gasteiger partial charge in [0.15, 0.2) is 0 Å². The number of carbonyl (C=O) groups excluding carboxylic acids is 1. The van der Waals surface area contributed by atoms with Gasteiger partial charge in [-0.15, -0.1) is 0 Å². The zero-order valence-corrected chi connectivity index (χ0v) is 12.6. The predicted octanol–water partition coefficient (Wildman–Crippen LogP) is -2.90. The molecule has 0 radical (unpaired) electrons. The number of carboxylic acid groups (broad SMARTS) is 1. The summed E-state index contributed by atoms with van der Waals surface area (Å²) in [5.74, 6) is -1.81. The van der Waals surface area contributed by atoms with Gasteiger partial charge in [0.25, 0.3) is 10.1 Å². The average molecular weight is 278 g/mol. The van der Waals surface area contributed by atoms with Gasteiger partial charge in [0.1, 0.15) is 5.25 Å². The molecule has 18 heavy (non-hydrogen) atoms. The van der Waals surface area contributed by atoms with E-state index in [2.05, 4.69) is 0 Å². The number of rotatable bonds is 5. The molecule has 1 rings (SSSR count). The maximum absolute atomic E-state index is 10.7. The largest absolute Gasteiger partial charge is 1.00 e. The molecular formula is C11H11NaO5S. The fourth-order valence-electron chi connectivity index (χ4n) is 1.23. The molecule has 0 aromatic heterocycles. The molecule has 1 N–H and O–H groups in total. The third kappa shape index (κ3) is 5.79. The third-order valence-corrected chi connectivity index (χ3v) is 3.19. The van der Waals surface area contributed by atoms with Crippen LogP contribution in [0.15, 0.2) is 36.4 Å². The van der Waals surface area contributed by atoms with E-state index in [0.29, 0.717) is 0 Å². The van der Waals surface area contributed by atoms with Crippen LogP contribution in [0.1, 0.15) is 12.0 Å². The van der Waals surface area contributed by atoms with Crippen LogP contribution >= 0.6 is 0 Å². The number of hydrogen-bond acceptors (Lipinski definition) is 4. The Morgan fingerprint density at radius 2 is 1.89 bits per heavy atom. The fourth-order valence-corrected chi connectivity index (χ4v) is 1.83. The Morgan fingerprint density at radius 3 is 2.33 bits per heavy atom. The van der Waals surface area contributed by atoms with Crippen LogP contribution in [0.2, 0.25) is 0 Å². The Hall–Kier alpha value is -0.660. The van der Waals surface area contributed by atoms with Gasteiger partial charge in [-0.05, 0) is 12.0 Å². The predicted molar refractivity (Wildman–Crippen MR) is 60.4 cm³/mol. The first-order valence-electron chi connectivity index (χ1n) is 4.80. The Morgan fingerprint density at radius 1 is 1.33 bits per heavy atom. The van der Waals surface area contributed by atoms with Gasteiger partial charge in [0.2, 0.25) is 0 Å². The van der Waals surface area contributed by atoms with E-state index in [0.717, 1.165) is 5.56 Å². The Balaban J connectivity index is 0.00000289. The maximum atomic E-state index is 10.7. The van der Waals surface area contributed by atoms with Gasteiger partial charge in [-0.25, -0.2) is 0 Å². The minimum Gasteiger partial charge on any atom is -0.549 e. The van der Waals surface area contributed by atoms with Crippen molar-refractivity contribution < 1.29 is 52.4 Å². The second-order valence-corrected chi connectivity index (χ2v) is 4.97. The van der Waals surface area contributed by atoms with Crippen LogP contribution in [0.3, 0.4) is 0 Å². The van der Waals surface area contributed by atoms with E-state index in [-0.39, 0.29) is 36.0 Å². The third-order valence-electron chi connectivity index (χ3n) is 2.08. The van der Waals surface area contributed by atoms with Crippen molar-refractivity contribution in [3.8, 4) is 0 Å². The molecule has 92 valence electrons. The first-order chi connectivity index (χ1) is 7.91. The van der Waals surface area contributed by atoms with Crippen molar-refractivity contribution >= 4 is 22.2 Å². The zero-order valence-electron chi connectivity index (χ0n) is 9.81. The molecule has 0 aliphatic carbocycles. The SMILES string of the molecule is O=C([O-])C(CC=Cc1ccccc1)S(=O)(=O)O.[Na+]. The number of carboxylic acids is 1. The van der Waals surface area contributed by atoms with E-state index in [1.54, 1.807) is 30.3 Å². The topological polar surface area (TPSA) is 94.5 Å². The van der Waals surface area contributed by atoms with E-state index in [9.17, 15) is 18.3 Å².